The predicted octanol–water partition coefficient (Wildman–Crippen LogP) is 19.2. The highest BCUT2D eigenvalue weighted by Crippen LogP contribution is 2.42. The van der Waals surface area contributed by atoms with E-state index in [0.717, 1.165) is 60.5 Å². The molecule has 322 valence electrons. The van der Waals surface area contributed by atoms with Crippen molar-refractivity contribution in [3.8, 4) is 22.3 Å². The van der Waals surface area contributed by atoms with Crippen LogP contribution in [0.15, 0.2) is 231 Å². The molecular weight excluding hydrogens is 775 g/mol. The Morgan fingerprint density at radius 2 is 0.969 bits per heavy atom. The molecule has 0 aliphatic heterocycles. The summed E-state index contributed by atoms with van der Waals surface area (Å²) in [6.07, 6.45) is 12.9. The second-order valence-electron chi connectivity index (χ2n) is 14.1. The van der Waals surface area contributed by atoms with E-state index in [0.29, 0.717) is 5.71 Å². The maximum absolute atomic E-state index is 8.94. The van der Waals surface area contributed by atoms with Gasteiger partial charge in [0.15, 0.2) is 0 Å². The highest BCUT2D eigenvalue weighted by Gasteiger charge is 2.16. The SMILES string of the molecule is C=C(/C=C\C(=N)c1ccc(-c2ccc3oc4cc5ccccc5cc4c3c2)cc1)c1c2ccccc2c(-c2ccccc2)c2ccccc12.C=C/C=C\C.C=CC.C=CC.CC.CC. The first-order valence-corrected chi connectivity index (χ1v) is 22.2. The van der Waals surface area contributed by atoms with Crippen molar-refractivity contribution in [3.05, 3.63) is 238 Å². The van der Waals surface area contributed by atoms with Gasteiger partial charge in [-0.2, -0.15) is 0 Å². The van der Waals surface area contributed by atoms with Crippen LogP contribution in [0.25, 0.3) is 82.1 Å². The summed E-state index contributed by atoms with van der Waals surface area (Å²) in [5, 5.41) is 18.2. The van der Waals surface area contributed by atoms with Crippen molar-refractivity contribution in [3.63, 3.8) is 0 Å². The molecule has 0 atom stereocenters. The van der Waals surface area contributed by atoms with Gasteiger partial charge >= 0.3 is 0 Å². The summed E-state index contributed by atoms with van der Waals surface area (Å²) in [6, 6.07) is 55.0. The molecule has 64 heavy (non-hydrogen) atoms. The van der Waals surface area contributed by atoms with E-state index in [1.807, 2.05) is 84.9 Å². The van der Waals surface area contributed by atoms with Gasteiger partial charge in [0.25, 0.3) is 0 Å². The predicted molar refractivity (Wildman–Crippen MR) is 288 cm³/mol. The molecule has 0 saturated carbocycles. The fourth-order valence-electron chi connectivity index (χ4n) is 7.37. The quantitative estimate of drug-likeness (QED) is 0.0738. The zero-order valence-electron chi connectivity index (χ0n) is 38.8. The number of rotatable bonds is 7. The second kappa shape index (κ2) is 25.4. The van der Waals surface area contributed by atoms with Crippen molar-refractivity contribution in [1.29, 1.82) is 5.41 Å². The van der Waals surface area contributed by atoms with Crippen molar-refractivity contribution in [2.45, 2.75) is 48.5 Å². The lowest BCUT2D eigenvalue weighted by molar-refractivity contribution is 0.669. The minimum atomic E-state index is 0.436. The van der Waals surface area contributed by atoms with E-state index in [4.69, 9.17) is 9.83 Å². The van der Waals surface area contributed by atoms with Gasteiger partial charge in [-0.15, -0.1) is 13.2 Å². The van der Waals surface area contributed by atoms with Gasteiger partial charge in [-0.05, 0) is 122 Å². The van der Waals surface area contributed by atoms with Gasteiger partial charge in [-0.1, -0.05) is 211 Å². The summed E-state index contributed by atoms with van der Waals surface area (Å²) in [4.78, 5) is 0. The minimum Gasteiger partial charge on any atom is -0.456 e. The smallest absolute Gasteiger partial charge is 0.136 e. The fraction of sp³-hybridized carbons (Fsp3) is 0.113. The Kier molecular flexibility index (Phi) is 19.5. The van der Waals surface area contributed by atoms with Crippen molar-refractivity contribution >= 4 is 65.5 Å². The van der Waals surface area contributed by atoms with Crippen molar-refractivity contribution < 1.29 is 4.42 Å². The third-order valence-electron chi connectivity index (χ3n) is 9.96. The van der Waals surface area contributed by atoms with E-state index in [-0.39, 0.29) is 0 Å². The molecule has 1 N–H and O–H groups in total. The minimum absolute atomic E-state index is 0.436. The highest BCUT2D eigenvalue weighted by molar-refractivity contribution is 6.20. The van der Waals surface area contributed by atoms with Crippen molar-refractivity contribution in [2.24, 2.45) is 0 Å². The first-order chi connectivity index (χ1) is 31.4. The summed E-state index contributed by atoms with van der Waals surface area (Å²) >= 11 is 0. The van der Waals surface area contributed by atoms with Gasteiger partial charge in [0.2, 0.25) is 0 Å². The molecular formula is C62H63NO. The Bertz CT molecular complexity index is 2960. The van der Waals surface area contributed by atoms with Crippen LogP contribution in [-0.4, -0.2) is 5.71 Å². The zero-order valence-corrected chi connectivity index (χ0v) is 38.8. The topological polar surface area (TPSA) is 37.0 Å². The Morgan fingerprint density at radius 3 is 1.50 bits per heavy atom. The van der Waals surface area contributed by atoms with E-state index >= 15 is 0 Å². The number of hydrogen-bond acceptors (Lipinski definition) is 2. The standard InChI is InChI=1S/C47H31NO.C5H8.2C3H6.2C2H6/c1-30(46-37-15-7-9-17-39(37)47(33-11-3-2-4-12-33)40-18-10-8-16-38(40)46)19-25-43(48)32-22-20-31(21-23-32)36-24-26-44-41(28-36)42-27-34-13-5-6-14-35(34)29-45(42)49-44;1-3-5-4-2;2*1-3-2;2*1-2/h2-29,48H,1H2;3-5H,1H2,2H3;2*3H,1H2,2H3;2*1-2H3/b25-19-,48-43?;5-4-;;;;. The van der Waals surface area contributed by atoms with Crippen LogP contribution in [0.2, 0.25) is 0 Å². The molecule has 0 aliphatic rings. The molecule has 0 bridgehead atoms. The third-order valence-corrected chi connectivity index (χ3v) is 9.96. The number of benzene rings is 8. The van der Waals surface area contributed by atoms with Gasteiger partial charge in [0, 0.05) is 10.8 Å². The molecule has 1 heterocycles. The Balaban J connectivity index is 0.000000531. The molecule has 9 aromatic rings. The average molecular weight is 838 g/mol. The average Bonchev–Trinajstić information content (AvgIpc) is 3.70. The number of fused-ring (bicyclic) bond motifs is 6. The largest absolute Gasteiger partial charge is 0.456 e. The number of nitrogens with one attached hydrogen (secondary N) is 1. The number of furan rings is 1. The van der Waals surface area contributed by atoms with Crippen LogP contribution in [0.1, 0.15) is 59.6 Å². The molecule has 2 nitrogen and oxygen atoms in total. The summed E-state index contributed by atoms with van der Waals surface area (Å²) in [5.74, 6) is 0. The molecule has 0 radical (unpaired) electrons. The van der Waals surface area contributed by atoms with Crippen LogP contribution in [0, 0.1) is 5.41 Å². The van der Waals surface area contributed by atoms with Crippen LogP contribution >= 0.6 is 0 Å². The first-order valence-electron chi connectivity index (χ1n) is 22.2. The van der Waals surface area contributed by atoms with Crippen LogP contribution < -0.4 is 0 Å². The first kappa shape index (κ1) is 49.1. The monoisotopic (exact) mass is 837 g/mol. The van der Waals surface area contributed by atoms with Crippen molar-refractivity contribution in [1.82, 2.24) is 0 Å². The lowest BCUT2D eigenvalue weighted by Gasteiger charge is -2.17. The fourth-order valence-corrected chi connectivity index (χ4v) is 7.37. The molecule has 0 unspecified atom stereocenters. The lowest BCUT2D eigenvalue weighted by atomic mass is 9.86. The van der Waals surface area contributed by atoms with Crippen LogP contribution in [0.5, 0.6) is 0 Å². The van der Waals surface area contributed by atoms with E-state index in [1.54, 1.807) is 18.2 Å². The molecule has 0 fully saturated rings. The maximum Gasteiger partial charge on any atom is 0.136 e. The maximum atomic E-state index is 8.94. The van der Waals surface area contributed by atoms with Crippen LogP contribution in [0.3, 0.4) is 0 Å². The van der Waals surface area contributed by atoms with E-state index in [9.17, 15) is 0 Å². The number of hydrogen-bond donors (Lipinski definition) is 1. The lowest BCUT2D eigenvalue weighted by Crippen LogP contribution is -1.95. The Hall–Kier alpha value is -7.55. The van der Waals surface area contributed by atoms with Gasteiger partial charge in [0.05, 0.1) is 5.71 Å². The molecule has 0 aliphatic carbocycles. The van der Waals surface area contributed by atoms with Gasteiger partial charge in [0.1, 0.15) is 11.2 Å². The van der Waals surface area contributed by atoms with Crippen molar-refractivity contribution in [2.75, 3.05) is 0 Å². The van der Waals surface area contributed by atoms with E-state index in [2.05, 4.69) is 172 Å². The highest BCUT2D eigenvalue weighted by atomic mass is 16.3. The summed E-state index contributed by atoms with van der Waals surface area (Å²) in [5.41, 5.74) is 9.68. The third kappa shape index (κ3) is 11.7. The molecule has 2 heteroatoms. The Labute approximate surface area is 382 Å². The van der Waals surface area contributed by atoms with E-state index < -0.39 is 0 Å². The number of allylic oxidation sites excluding steroid dienone is 8. The zero-order chi connectivity index (χ0) is 46.4. The molecule has 8 aromatic carbocycles. The van der Waals surface area contributed by atoms with E-state index in [1.165, 1.54) is 32.7 Å². The Morgan fingerprint density at radius 1 is 0.484 bits per heavy atom. The molecule has 0 saturated heterocycles. The second-order valence-corrected chi connectivity index (χ2v) is 14.1. The van der Waals surface area contributed by atoms with Gasteiger partial charge < -0.3 is 9.83 Å². The summed E-state index contributed by atoms with van der Waals surface area (Å²) in [6.45, 7) is 28.4. The summed E-state index contributed by atoms with van der Waals surface area (Å²) in [7, 11) is 0. The normalized spacial score (nSPS) is 10.3. The molecule has 9 rings (SSSR count). The van der Waals surface area contributed by atoms with Gasteiger partial charge in [-0.25, -0.2) is 0 Å². The van der Waals surface area contributed by atoms with Crippen LogP contribution in [0.4, 0.5) is 0 Å². The van der Waals surface area contributed by atoms with Crippen LogP contribution in [-0.2, 0) is 0 Å². The molecule has 1 aromatic heterocycles. The van der Waals surface area contributed by atoms with Gasteiger partial charge in [-0.3, -0.25) is 0 Å². The molecule has 0 amide bonds. The molecule has 0 spiro atoms. The summed E-state index contributed by atoms with van der Waals surface area (Å²) < 4.78 is 6.21.